The highest BCUT2D eigenvalue weighted by Crippen LogP contribution is 2.20. The molecule has 0 saturated carbocycles. The summed E-state index contributed by atoms with van der Waals surface area (Å²) in [5.41, 5.74) is 8.02. The molecule has 1 amide bonds. The van der Waals surface area contributed by atoms with Crippen LogP contribution in [0.15, 0.2) is 35.7 Å². The highest BCUT2D eigenvalue weighted by atomic mass is 32.1. The average Bonchev–Trinajstić information content (AvgIpc) is 3.04. The van der Waals surface area contributed by atoms with E-state index in [4.69, 9.17) is 5.73 Å². The van der Waals surface area contributed by atoms with Gasteiger partial charge in [0.15, 0.2) is 0 Å². The van der Waals surface area contributed by atoms with Crippen molar-refractivity contribution in [1.82, 2.24) is 9.88 Å². The largest absolute Gasteiger partial charge is 0.468 e. The molecule has 0 fully saturated rings. The Hall–Kier alpha value is -2.25. The molecule has 24 heavy (non-hydrogen) atoms. The summed E-state index contributed by atoms with van der Waals surface area (Å²) in [4.78, 5) is 29.1. The van der Waals surface area contributed by atoms with E-state index in [0.717, 1.165) is 10.6 Å². The molecule has 7 heteroatoms. The molecule has 1 aromatic heterocycles. The van der Waals surface area contributed by atoms with Crippen molar-refractivity contribution in [3.05, 3.63) is 52.0 Å². The van der Waals surface area contributed by atoms with Crippen LogP contribution in [-0.2, 0) is 27.2 Å². The maximum Gasteiger partial charge on any atom is 0.325 e. The number of hydrogen-bond acceptors (Lipinski definition) is 6. The molecular weight excluding hydrogens is 326 g/mol. The first kappa shape index (κ1) is 18.1. The predicted octanol–water partition coefficient (Wildman–Crippen LogP) is 1.56. The molecule has 0 aliphatic rings. The van der Waals surface area contributed by atoms with Crippen molar-refractivity contribution in [3.63, 3.8) is 0 Å². The molecule has 0 radical (unpaired) electrons. The van der Waals surface area contributed by atoms with Crippen LogP contribution in [-0.4, -0.2) is 42.5 Å². The molecule has 1 unspecified atom stereocenters. The van der Waals surface area contributed by atoms with E-state index in [0.29, 0.717) is 12.1 Å². The Morgan fingerprint density at radius 3 is 2.71 bits per heavy atom. The number of ether oxygens (including phenoxy) is 1. The second kappa shape index (κ2) is 8.56. The minimum atomic E-state index is -0.449. The summed E-state index contributed by atoms with van der Waals surface area (Å²) in [6.07, 6.45) is 0.839. The summed E-state index contributed by atoms with van der Waals surface area (Å²) in [5.74, 6) is -0.636. The first-order valence-corrected chi connectivity index (χ1v) is 8.42. The van der Waals surface area contributed by atoms with Gasteiger partial charge in [-0.25, -0.2) is 4.98 Å². The van der Waals surface area contributed by atoms with Crippen LogP contribution in [0.2, 0.25) is 0 Å². The molecule has 0 aliphatic heterocycles. The molecule has 2 aromatic rings. The molecule has 0 spiro atoms. The standard InChI is InChI=1S/C17H21N3O3S/c1-20(10-16(22)23-2)15(21)9-13-11-24-17(19-13)14(18)8-12-6-4-3-5-7-12/h3-7,11,14H,8-10,18H2,1-2H3. The van der Waals surface area contributed by atoms with Crippen LogP contribution in [0, 0.1) is 0 Å². The lowest BCUT2D eigenvalue weighted by Crippen LogP contribution is -2.33. The third kappa shape index (κ3) is 5.14. The Morgan fingerprint density at radius 1 is 1.33 bits per heavy atom. The summed E-state index contributed by atoms with van der Waals surface area (Å²) in [6.45, 7) is -0.0696. The van der Waals surface area contributed by atoms with Gasteiger partial charge in [-0.1, -0.05) is 30.3 Å². The smallest absolute Gasteiger partial charge is 0.325 e. The SMILES string of the molecule is COC(=O)CN(C)C(=O)Cc1csc(C(N)Cc2ccccc2)n1. The molecule has 1 atom stereocenters. The van der Waals surface area contributed by atoms with Gasteiger partial charge in [0.25, 0.3) is 0 Å². The van der Waals surface area contributed by atoms with E-state index in [1.807, 2.05) is 35.7 Å². The van der Waals surface area contributed by atoms with Crippen LogP contribution < -0.4 is 5.73 Å². The second-order valence-corrected chi connectivity index (χ2v) is 6.37. The molecule has 1 heterocycles. The van der Waals surface area contributed by atoms with Crippen molar-refractivity contribution in [2.75, 3.05) is 20.7 Å². The average molecular weight is 347 g/mol. The van der Waals surface area contributed by atoms with E-state index in [1.165, 1.54) is 23.3 Å². The maximum atomic E-state index is 12.1. The molecule has 0 saturated heterocycles. The summed E-state index contributed by atoms with van der Waals surface area (Å²) < 4.78 is 4.55. The lowest BCUT2D eigenvalue weighted by atomic mass is 10.1. The monoisotopic (exact) mass is 347 g/mol. The minimum absolute atomic E-state index is 0.0696. The van der Waals surface area contributed by atoms with Crippen LogP contribution >= 0.6 is 11.3 Å². The number of nitrogens with zero attached hydrogens (tertiary/aromatic N) is 2. The van der Waals surface area contributed by atoms with Gasteiger partial charge in [-0.2, -0.15) is 0 Å². The number of aromatic nitrogens is 1. The summed E-state index contributed by atoms with van der Waals surface area (Å²) in [6, 6.07) is 9.77. The van der Waals surface area contributed by atoms with Crippen LogP contribution in [0.1, 0.15) is 22.3 Å². The predicted molar refractivity (Wildman–Crippen MR) is 92.5 cm³/mol. The third-order valence-electron chi connectivity index (χ3n) is 3.54. The maximum absolute atomic E-state index is 12.1. The fourth-order valence-electron chi connectivity index (χ4n) is 2.17. The Bertz CT molecular complexity index is 687. The van der Waals surface area contributed by atoms with Gasteiger partial charge < -0.3 is 15.4 Å². The number of methoxy groups -OCH3 is 1. The Balaban J connectivity index is 1.92. The van der Waals surface area contributed by atoms with Crippen LogP contribution in [0.4, 0.5) is 0 Å². The zero-order chi connectivity index (χ0) is 17.5. The van der Waals surface area contributed by atoms with Gasteiger partial charge in [0.2, 0.25) is 5.91 Å². The molecule has 2 N–H and O–H groups in total. The molecule has 0 aliphatic carbocycles. The number of esters is 1. The fourth-order valence-corrected chi connectivity index (χ4v) is 2.99. The second-order valence-electron chi connectivity index (χ2n) is 5.48. The molecule has 6 nitrogen and oxygen atoms in total. The van der Waals surface area contributed by atoms with Crippen molar-refractivity contribution in [2.45, 2.75) is 18.9 Å². The molecule has 1 aromatic carbocycles. The minimum Gasteiger partial charge on any atom is -0.468 e. The fraction of sp³-hybridized carbons (Fsp3) is 0.353. The van der Waals surface area contributed by atoms with Crippen molar-refractivity contribution >= 4 is 23.2 Å². The number of rotatable bonds is 7. The number of hydrogen-bond donors (Lipinski definition) is 1. The lowest BCUT2D eigenvalue weighted by Gasteiger charge is -2.14. The van der Waals surface area contributed by atoms with E-state index < -0.39 is 5.97 Å². The molecule has 128 valence electrons. The van der Waals surface area contributed by atoms with Crippen LogP contribution in [0.3, 0.4) is 0 Å². The first-order chi connectivity index (χ1) is 11.5. The highest BCUT2D eigenvalue weighted by Gasteiger charge is 2.17. The third-order valence-corrected chi connectivity index (χ3v) is 4.56. The van der Waals surface area contributed by atoms with Crippen molar-refractivity contribution in [2.24, 2.45) is 5.73 Å². The summed E-state index contributed by atoms with van der Waals surface area (Å²) in [7, 11) is 2.86. The number of thiazole rings is 1. The van der Waals surface area contributed by atoms with Crippen molar-refractivity contribution < 1.29 is 14.3 Å². The number of carbonyl (C=O) groups excluding carboxylic acids is 2. The zero-order valence-corrected chi connectivity index (χ0v) is 14.6. The van der Waals surface area contributed by atoms with Crippen molar-refractivity contribution in [3.8, 4) is 0 Å². The van der Waals surface area contributed by atoms with Gasteiger partial charge in [0.1, 0.15) is 11.6 Å². The first-order valence-electron chi connectivity index (χ1n) is 7.54. The van der Waals surface area contributed by atoms with Crippen LogP contribution in [0.25, 0.3) is 0 Å². The summed E-state index contributed by atoms with van der Waals surface area (Å²) >= 11 is 1.45. The molecule has 0 bridgehead atoms. The summed E-state index contributed by atoms with van der Waals surface area (Å²) in [5, 5.41) is 2.64. The number of carbonyl (C=O) groups is 2. The van der Waals surface area contributed by atoms with Gasteiger partial charge in [-0.05, 0) is 12.0 Å². The number of likely N-dealkylation sites (N-methyl/N-ethyl adjacent to an activating group) is 1. The number of benzene rings is 1. The zero-order valence-electron chi connectivity index (χ0n) is 13.8. The lowest BCUT2D eigenvalue weighted by molar-refractivity contribution is -0.145. The Labute approximate surface area is 145 Å². The van der Waals surface area contributed by atoms with Gasteiger partial charge in [0.05, 0.1) is 25.3 Å². The van der Waals surface area contributed by atoms with E-state index >= 15 is 0 Å². The Kier molecular flexibility index (Phi) is 6.45. The Morgan fingerprint density at radius 2 is 2.04 bits per heavy atom. The van der Waals surface area contributed by atoms with E-state index in [2.05, 4.69) is 9.72 Å². The van der Waals surface area contributed by atoms with Crippen molar-refractivity contribution in [1.29, 1.82) is 0 Å². The van der Waals surface area contributed by atoms with Gasteiger partial charge in [-0.3, -0.25) is 9.59 Å². The molecular formula is C17H21N3O3S. The van der Waals surface area contributed by atoms with Gasteiger partial charge >= 0.3 is 5.97 Å². The van der Waals surface area contributed by atoms with Gasteiger partial charge in [0, 0.05) is 12.4 Å². The number of nitrogens with two attached hydrogens (primary N) is 1. The van der Waals surface area contributed by atoms with E-state index in [9.17, 15) is 9.59 Å². The number of amides is 1. The highest BCUT2D eigenvalue weighted by molar-refractivity contribution is 7.09. The topological polar surface area (TPSA) is 85.5 Å². The van der Waals surface area contributed by atoms with E-state index in [1.54, 1.807) is 7.05 Å². The quantitative estimate of drug-likeness (QED) is 0.768. The van der Waals surface area contributed by atoms with E-state index in [-0.39, 0.29) is 24.9 Å². The molecule has 2 rings (SSSR count). The normalized spacial score (nSPS) is 11.8. The van der Waals surface area contributed by atoms with Gasteiger partial charge in [-0.15, -0.1) is 11.3 Å². The van der Waals surface area contributed by atoms with Crippen LogP contribution in [0.5, 0.6) is 0 Å².